The van der Waals surface area contributed by atoms with E-state index in [9.17, 15) is 22.8 Å². The van der Waals surface area contributed by atoms with Gasteiger partial charge in [-0.3, -0.25) is 9.59 Å². The highest BCUT2D eigenvalue weighted by atomic mass is 32.1. The molecule has 0 spiro atoms. The summed E-state index contributed by atoms with van der Waals surface area (Å²) in [7, 11) is 0. The number of amides is 2. The van der Waals surface area contributed by atoms with E-state index in [0.29, 0.717) is 36.3 Å². The zero-order valence-corrected chi connectivity index (χ0v) is 22.5. The number of nitrogens with one attached hydrogen (secondary N) is 1. The molecule has 0 atom stereocenters. The van der Waals surface area contributed by atoms with Crippen LogP contribution in [0.4, 0.5) is 18.9 Å². The molecule has 5 rings (SSSR count). The Morgan fingerprint density at radius 2 is 1.68 bits per heavy atom. The Morgan fingerprint density at radius 1 is 0.950 bits per heavy atom. The molecule has 1 saturated heterocycles. The van der Waals surface area contributed by atoms with Crippen LogP contribution in [0.3, 0.4) is 0 Å². The monoisotopic (exact) mass is 563 g/mol. The van der Waals surface area contributed by atoms with Crippen LogP contribution < -0.4 is 5.32 Å². The van der Waals surface area contributed by atoms with Crippen molar-refractivity contribution in [1.82, 2.24) is 9.88 Å². The lowest BCUT2D eigenvalue weighted by molar-refractivity contribution is -0.137. The van der Waals surface area contributed by atoms with E-state index in [-0.39, 0.29) is 17.5 Å². The smallest absolute Gasteiger partial charge is 0.343 e. The Labute approximate surface area is 234 Å². The van der Waals surface area contributed by atoms with E-state index in [2.05, 4.69) is 10.3 Å². The molecule has 1 aliphatic rings. The number of likely N-dealkylation sites (tertiary alicyclic amines) is 1. The van der Waals surface area contributed by atoms with Gasteiger partial charge in [0.2, 0.25) is 5.91 Å². The van der Waals surface area contributed by atoms with Crippen LogP contribution in [-0.4, -0.2) is 34.8 Å². The molecule has 3 aromatic carbocycles. The molecule has 0 bridgehead atoms. The van der Waals surface area contributed by atoms with Gasteiger partial charge in [-0.25, -0.2) is 4.98 Å². The first-order chi connectivity index (χ1) is 19.3. The van der Waals surface area contributed by atoms with Crippen LogP contribution in [0.25, 0.3) is 11.1 Å². The number of halogens is 3. The first-order valence-electron chi connectivity index (χ1n) is 13.1. The molecule has 1 aromatic heterocycles. The van der Waals surface area contributed by atoms with Crippen molar-refractivity contribution in [2.45, 2.75) is 37.8 Å². The zero-order valence-electron chi connectivity index (χ0n) is 21.7. The van der Waals surface area contributed by atoms with Gasteiger partial charge < -0.3 is 10.2 Å². The Hall–Kier alpha value is -3.98. The normalized spacial score (nSPS) is 14.2. The van der Waals surface area contributed by atoms with Crippen LogP contribution in [0.2, 0.25) is 0 Å². The fraction of sp³-hybridized carbons (Fsp3) is 0.258. The summed E-state index contributed by atoms with van der Waals surface area (Å²) in [6, 6.07) is 21.8. The Balaban J connectivity index is 1.19. The maximum Gasteiger partial charge on any atom is 0.416 e. The third kappa shape index (κ3) is 6.59. The molecule has 0 aliphatic carbocycles. The third-order valence-corrected chi connectivity index (χ3v) is 8.11. The van der Waals surface area contributed by atoms with Gasteiger partial charge in [0.15, 0.2) is 0 Å². The molecule has 9 heteroatoms. The van der Waals surface area contributed by atoms with Gasteiger partial charge in [0.25, 0.3) is 5.91 Å². The average molecular weight is 564 g/mol. The first-order valence-corrected chi connectivity index (χ1v) is 14.0. The highest BCUT2D eigenvalue weighted by Gasteiger charge is 2.31. The molecule has 0 radical (unpaired) electrons. The second-order valence-electron chi connectivity index (χ2n) is 9.79. The number of piperidine rings is 1. The average Bonchev–Trinajstić information content (AvgIpc) is 3.47. The van der Waals surface area contributed by atoms with Crippen molar-refractivity contribution >= 4 is 28.8 Å². The standard InChI is InChI=1S/C31H28F3N3O2S/c32-31(33,34)24-10-6-9-23(19-24)25-11-4-5-12-26(25)35-29(39)27-20-40-30(36-27)22-15-17-37(18-16-22)28(38)14-13-21-7-2-1-3-8-21/h1-12,19-20,22H,13-18H2,(H,35,39). The van der Waals surface area contributed by atoms with Crippen molar-refractivity contribution < 1.29 is 22.8 Å². The van der Waals surface area contributed by atoms with E-state index in [1.807, 2.05) is 35.2 Å². The lowest BCUT2D eigenvalue weighted by Gasteiger charge is -2.31. The van der Waals surface area contributed by atoms with Gasteiger partial charge in [-0.2, -0.15) is 13.2 Å². The van der Waals surface area contributed by atoms with Crippen LogP contribution in [0.1, 0.15) is 51.8 Å². The van der Waals surface area contributed by atoms with E-state index >= 15 is 0 Å². The van der Waals surface area contributed by atoms with Crippen molar-refractivity contribution in [2.24, 2.45) is 0 Å². The number of aromatic nitrogens is 1. The van der Waals surface area contributed by atoms with E-state index < -0.39 is 17.6 Å². The second-order valence-corrected chi connectivity index (χ2v) is 10.7. The molecular formula is C31H28F3N3O2S. The number of nitrogens with zero attached hydrogens (tertiary/aromatic N) is 2. The molecule has 0 unspecified atom stereocenters. The van der Waals surface area contributed by atoms with E-state index in [1.165, 1.54) is 17.4 Å². The van der Waals surface area contributed by atoms with Crippen LogP contribution in [0, 0.1) is 0 Å². The summed E-state index contributed by atoms with van der Waals surface area (Å²) in [5, 5.41) is 5.38. The van der Waals surface area contributed by atoms with Crippen LogP contribution in [0.5, 0.6) is 0 Å². The largest absolute Gasteiger partial charge is 0.416 e. The minimum Gasteiger partial charge on any atom is -0.343 e. The summed E-state index contributed by atoms with van der Waals surface area (Å²) in [5.74, 6) is -0.0986. The second kappa shape index (κ2) is 12.0. The molecular weight excluding hydrogens is 535 g/mol. The minimum atomic E-state index is -4.46. The number of hydrogen-bond acceptors (Lipinski definition) is 4. The van der Waals surface area contributed by atoms with Gasteiger partial charge in [-0.05, 0) is 48.6 Å². The predicted molar refractivity (Wildman–Crippen MR) is 150 cm³/mol. The van der Waals surface area contributed by atoms with Crippen molar-refractivity contribution in [3.63, 3.8) is 0 Å². The maximum absolute atomic E-state index is 13.2. The molecule has 0 saturated carbocycles. The number of para-hydroxylation sites is 1. The first kappa shape index (κ1) is 27.6. The number of benzene rings is 3. The molecule has 1 aliphatic heterocycles. The van der Waals surface area contributed by atoms with Gasteiger partial charge in [0.1, 0.15) is 5.69 Å². The van der Waals surface area contributed by atoms with Crippen LogP contribution >= 0.6 is 11.3 Å². The Bertz CT molecular complexity index is 1480. The molecule has 206 valence electrons. The quantitative estimate of drug-likeness (QED) is 0.255. The SMILES string of the molecule is O=C(Nc1ccccc1-c1cccc(C(F)(F)F)c1)c1csc(C2CCN(C(=O)CCc3ccccc3)CC2)n1. The predicted octanol–water partition coefficient (Wildman–Crippen LogP) is 7.42. The van der Waals surface area contributed by atoms with Gasteiger partial charge in [0.05, 0.1) is 10.6 Å². The summed E-state index contributed by atoms with van der Waals surface area (Å²) in [5.41, 5.74) is 1.91. The van der Waals surface area contributed by atoms with Gasteiger partial charge in [0, 0.05) is 42.1 Å². The van der Waals surface area contributed by atoms with Crippen molar-refractivity contribution in [2.75, 3.05) is 18.4 Å². The number of carbonyl (C=O) groups excluding carboxylic acids is 2. The number of anilines is 1. The summed E-state index contributed by atoms with van der Waals surface area (Å²) >= 11 is 1.42. The molecule has 2 amide bonds. The lowest BCUT2D eigenvalue weighted by Crippen LogP contribution is -2.38. The topological polar surface area (TPSA) is 62.3 Å². The van der Waals surface area contributed by atoms with Crippen molar-refractivity contribution in [1.29, 1.82) is 0 Å². The van der Waals surface area contributed by atoms with Crippen LogP contribution in [0.15, 0.2) is 84.2 Å². The number of thiazole rings is 1. The maximum atomic E-state index is 13.2. The summed E-state index contributed by atoms with van der Waals surface area (Å²) in [6.45, 7) is 1.31. The number of rotatable bonds is 7. The Morgan fingerprint density at radius 3 is 2.42 bits per heavy atom. The highest BCUT2D eigenvalue weighted by Crippen LogP contribution is 2.35. The Kier molecular flexibility index (Phi) is 8.30. The van der Waals surface area contributed by atoms with Crippen molar-refractivity contribution in [3.8, 4) is 11.1 Å². The molecule has 40 heavy (non-hydrogen) atoms. The van der Waals surface area contributed by atoms with Gasteiger partial charge in [-0.15, -0.1) is 11.3 Å². The minimum absolute atomic E-state index is 0.154. The van der Waals surface area contributed by atoms with E-state index in [4.69, 9.17) is 0 Å². The van der Waals surface area contributed by atoms with Gasteiger partial charge >= 0.3 is 6.18 Å². The number of hydrogen-bond donors (Lipinski definition) is 1. The lowest BCUT2D eigenvalue weighted by atomic mass is 9.97. The summed E-state index contributed by atoms with van der Waals surface area (Å²) < 4.78 is 39.7. The third-order valence-electron chi connectivity index (χ3n) is 7.10. The fourth-order valence-corrected chi connectivity index (χ4v) is 5.87. The van der Waals surface area contributed by atoms with E-state index in [0.717, 1.165) is 42.0 Å². The molecule has 1 fully saturated rings. The fourth-order valence-electron chi connectivity index (χ4n) is 4.90. The number of aryl methyl sites for hydroxylation is 1. The molecule has 5 nitrogen and oxygen atoms in total. The molecule has 4 aromatic rings. The summed E-state index contributed by atoms with van der Waals surface area (Å²) in [6.07, 6.45) is -1.69. The highest BCUT2D eigenvalue weighted by molar-refractivity contribution is 7.10. The summed E-state index contributed by atoms with van der Waals surface area (Å²) in [4.78, 5) is 32.2. The van der Waals surface area contributed by atoms with E-state index in [1.54, 1.807) is 35.7 Å². The molecule has 2 heterocycles. The molecule has 1 N–H and O–H groups in total. The zero-order chi connectivity index (χ0) is 28.1. The number of alkyl halides is 3. The van der Waals surface area contributed by atoms with Crippen LogP contribution in [-0.2, 0) is 17.4 Å². The number of carbonyl (C=O) groups is 2. The van der Waals surface area contributed by atoms with Crippen molar-refractivity contribution in [3.05, 3.63) is 106 Å². The van der Waals surface area contributed by atoms with Gasteiger partial charge in [-0.1, -0.05) is 60.7 Å².